The van der Waals surface area contributed by atoms with Crippen LogP contribution in [0.15, 0.2) is 72.3 Å². The van der Waals surface area contributed by atoms with Crippen LogP contribution in [0.1, 0.15) is 21.5 Å². The van der Waals surface area contributed by atoms with Crippen molar-refractivity contribution in [2.45, 2.75) is 6.61 Å². The highest BCUT2D eigenvalue weighted by Crippen LogP contribution is 2.31. The van der Waals surface area contributed by atoms with Gasteiger partial charge in [0.1, 0.15) is 24.0 Å². The molecule has 0 aliphatic rings. The van der Waals surface area contributed by atoms with Crippen LogP contribution >= 0.6 is 45.2 Å². The van der Waals surface area contributed by atoms with Crippen molar-refractivity contribution < 1.29 is 14.5 Å². The molecule has 0 radical (unpaired) electrons. The van der Waals surface area contributed by atoms with E-state index in [1.54, 1.807) is 0 Å². The van der Waals surface area contributed by atoms with Gasteiger partial charge in [-0.1, -0.05) is 42.5 Å². The summed E-state index contributed by atoms with van der Waals surface area (Å²) in [6.45, 7) is 0.332. The average molecular weight is 636 g/mol. The molecular formula is C23H14I2N2O4. The van der Waals surface area contributed by atoms with Crippen LogP contribution in [0.25, 0.3) is 6.08 Å². The van der Waals surface area contributed by atoms with E-state index in [0.717, 1.165) is 12.7 Å². The normalized spacial score (nSPS) is 10.9. The summed E-state index contributed by atoms with van der Waals surface area (Å²) in [6, 6.07) is 20.7. The second-order valence-electron chi connectivity index (χ2n) is 6.39. The molecule has 0 unspecified atom stereocenters. The Morgan fingerprint density at radius 2 is 1.84 bits per heavy atom. The predicted octanol–water partition coefficient (Wildman–Crippen LogP) is 6.17. The molecule has 0 saturated heterocycles. The lowest BCUT2D eigenvalue weighted by Crippen LogP contribution is -2.04. The lowest BCUT2D eigenvalue weighted by Gasteiger charge is -2.13. The molecule has 3 aromatic rings. The topological polar surface area (TPSA) is 93.2 Å². The second-order valence-corrected chi connectivity index (χ2v) is 8.79. The van der Waals surface area contributed by atoms with Gasteiger partial charge >= 0.3 is 0 Å². The first kappa shape index (κ1) is 22.9. The molecule has 0 N–H and O–H groups in total. The number of nitriles is 1. The number of carbonyl (C=O) groups excluding carboxylic acids is 1. The van der Waals surface area contributed by atoms with Crippen LogP contribution in [0.4, 0.5) is 5.69 Å². The molecule has 154 valence electrons. The largest absolute Gasteiger partial charge is 0.487 e. The fraction of sp³-hybridized carbons (Fsp3) is 0.0435. The molecule has 31 heavy (non-hydrogen) atoms. The number of nitrogens with zero attached hydrogens (tertiary/aromatic N) is 2. The number of Topliss-reactive ketones (excluding diaryl/α,β-unsaturated/α-hetero) is 1. The number of halogens is 2. The quantitative estimate of drug-likeness (QED) is 0.0773. The van der Waals surface area contributed by atoms with Gasteiger partial charge in [0.05, 0.1) is 8.49 Å². The Morgan fingerprint density at radius 1 is 1.10 bits per heavy atom. The summed E-state index contributed by atoms with van der Waals surface area (Å²) in [6.07, 6.45) is 1.46. The number of hydrogen-bond donors (Lipinski definition) is 0. The fourth-order valence-electron chi connectivity index (χ4n) is 2.79. The first-order valence-corrected chi connectivity index (χ1v) is 11.1. The van der Waals surface area contributed by atoms with E-state index in [9.17, 15) is 20.2 Å². The van der Waals surface area contributed by atoms with Crippen molar-refractivity contribution in [3.05, 3.63) is 106 Å². The maximum Gasteiger partial charge on any atom is 0.270 e. The predicted molar refractivity (Wildman–Crippen MR) is 134 cm³/mol. The molecule has 0 saturated carbocycles. The Morgan fingerprint density at radius 3 is 2.52 bits per heavy atom. The number of benzene rings is 3. The van der Waals surface area contributed by atoms with Gasteiger partial charge in [-0.3, -0.25) is 14.9 Å². The third-order valence-corrected chi connectivity index (χ3v) is 5.67. The van der Waals surface area contributed by atoms with Gasteiger partial charge in [0, 0.05) is 26.8 Å². The third-order valence-electron chi connectivity index (χ3n) is 4.25. The highest BCUT2D eigenvalue weighted by atomic mass is 127. The third kappa shape index (κ3) is 5.89. The Kier molecular flexibility index (Phi) is 7.75. The van der Waals surface area contributed by atoms with E-state index in [2.05, 4.69) is 45.2 Å². The molecule has 0 aromatic heterocycles. The van der Waals surface area contributed by atoms with Gasteiger partial charge < -0.3 is 4.74 Å². The minimum Gasteiger partial charge on any atom is -0.487 e. The summed E-state index contributed by atoms with van der Waals surface area (Å²) in [4.78, 5) is 23.3. The maximum absolute atomic E-state index is 12.9. The summed E-state index contributed by atoms with van der Waals surface area (Å²) in [5, 5.41) is 20.6. The minimum atomic E-state index is -0.589. The van der Waals surface area contributed by atoms with E-state index in [1.807, 2.05) is 48.5 Å². The maximum atomic E-state index is 12.9. The second kappa shape index (κ2) is 10.5. The Hall–Kier alpha value is -2.78. The Balaban J connectivity index is 1.98. The molecule has 0 heterocycles. The molecule has 3 aromatic carbocycles. The number of ketones is 1. The van der Waals surface area contributed by atoms with E-state index < -0.39 is 10.7 Å². The van der Waals surface area contributed by atoms with Crippen LogP contribution in [0, 0.1) is 28.6 Å². The van der Waals surface area contributed by atoms with Gasteiger partial charge in [-0.15, -0.1) is 0 Å². The van der Waals surface area contributed by atoms with Gasteiger partial charge in [-0.05, 0) is 69.0 Å². The highest BCUT2D eigenvalue weighted by molar-refractivity contribution is 14.1. The SMILES string of the molecule is N#C/C(=C\c1cc(I)cc(I)c1OCc1ccccc1)C(=O)c1cccc([N+](=O)[O-])c1. The van der Waals surface area contributed by atoms with Crippen molar-refractivity contribution in [3.63, 3.8) is 0 Å². The Labute approximate surface area is 206 Å². The van der Waals surface area contributed by atoms with Crippen LogP contribution in [0.5, 0.6) is 5.75 Å². The minimum absolute atomic E-state index is 0.0779. The van der Waals surface area contributed by atoms with Crippen molar-refractivity contribution in [2.75, 3.05) is 0 Å². The highest BCUT2D eigenvalue weighted by Gasteiger charge is 2.18. The van der Waals surface area contributed by atoms with Crippen molar-refractivity contribution in [1.82, 2.24) is 0 Å². The van der Waals surface area contributed by atoms with Crippen molar-refractivity contribution in [1.29, 1.82) is 5.26 Å². The molecule has 0 spiro atoms. The zero-order chi connectivity index (χ0) is 22.4. The summed E-state index contributed by atoms with van der Waals surface area (Å²) >= 11 is 4.31. The van der Waals surface area contributed by atoms with Gasteiger partial charge in [-0.2, -0.15) is 5.26 Å². The lowest BCUT2D eigenvalue weighted by atomic mass is 10.0. The van der Waals surface area contributed by atoms with E-state index in [-0.39, 0.29) is 16.8 Å². The van der Waals surface area contributed by atoms with Gasteiger partial charge in [0.2, 0.25) is 5.78 Å². The zero-order valence-corrected chi connectivity index (χ0v) is 20.2. The number of allylic oxidation sites excluding steroid dienone is 1. The summed E-state index contributed by atoms with van der Waals surface area (Å²) in [7, 11) is 0. The summed E-state index contributed by atoms with van der Waals surface area (Å²) < 4.78 is 7.78. The van der Waals surface area contributed by atoms with Crippen LogP contribution in [0.2, 0.25) is 0 Å². The molecule has 0 aliphatic heterocycles. The van der Waals surface area contributed by atoms with E-state index in [4.69, 9.17) is 4.74 Å². The number of nitro benzene ring substituents is 1. The molecule has 6 nitrogen and oxygen atoms in total. The number of rotatable bonds is 7. The molecule has 0 amide bonds. The van der Waals surface area contributed by atoms with E-state index in [1.165, 1.54) is 30.3 Å². The lowest BCUT2D eigenvalue weighted by molar-refractivity contribution is -0.384. The molecule has 0 bridgehead atoms. The summed E-state index contributed by atoms with van der Waals surface area (Å²) in [5.74, 6) is -0.0291. The average Bonchev–Trinajstić information content (AvgIpc) is 2.77. The number of hydrogen-bond acceptors (Lipinski definition) is 5. The van der Waals surface area contributed by atoms with Gasteiger partial charge in [-0.25, -0.2) is 0 Å². The first-order valence-electron chi connectivity index (χ1n) is 8.95. The molecule has 0 fully saturated rings. The van der Waals surface area contributed by atoms with Crippen molar-refractivity contribution in [2.24, 2.45) is 0 Å². The smallest absolute Gasteiger partial charge is 0.270 e. The van der Waals surface area contributed by atoms with Crippen molar-refractivity contribution in [3.8, 4) is 11.8 Å². The van der Waals surface area contributed by atoms with E-state index >= 15 is 0 Å². The van der Waals surface area contributed by atoms with Gasteiger partial charge in [0.25, 0.3) is 5.69 Å². The van der Waals surface area contributed by atoms with Crippen LogP contribution in [-0.4, -0.2) is 10.7 Å². The molecule has 0 aliphatic carbocycles. The Bertz CT molecular complexity index is 1220. The molecule has 0 atom stereocenters. The van der Waals surface area contributed by atoms with E-state index in [0.29, 0.717) is 17.9 Å². The fourth-order valence-corrected chi connectivity index (χ4v) is 4.84. The monoisotopic (exact) mass is 636 g/mol. The molecule has 3 rings (SSSR count). The molecular weight excluding hydrogens is 622 g/mol. The molecule has 8 heteroatoms. The number of nitro groups is 1. The van der Waals surface area contributed by atoms with Crippen LogP contribution in [-0.2, 0) is 6.61 Å². The number of non-ortho nitro benzene ring substituents is 1. The number of ether oxygens (including phenoxy) is 1. The zero-order valence-electron chi connectivity index (χ0n) is 15.9. The standard InChI is InChI=1S/C23H14I2N2O4/c24-19-10-17(23(21(25)12-19)31-14-15-5-2-1-3-6-15)9-18(13-26)22(28)16-7-4-8-20(11-16)27(29)30/h1-12H,14H2/b18-9+. The van der Waals surface area contributed by atoms with Crippen molar-refractivity contribution >= 4 is 62.7 Å². The summed E-state index contributed by atoms with van der Waals surface area (Å²) in [5.41, 5.74) is 1.30. The number of carbonyl (C=O) groups is 1. The van der Waals surface area contributed by atoms with Crippen LogP contribution < -0.4 is 4.74 Å². The first-order chi connectivity index (χ1) is 14.9. The van der Waals surface area contributed by atoms with Crippen LogP contribution in [0.3, 0.4) is 0 Å². The van der Waals surface area contributed by atoms with Gasteiger partial charge in [0.15, 0.2) is 0 Å².